The van der Waals surface area contributed by atoms with Gasteiger partial charge in [-0.15, -0.1) is 0 Å². The Kier molecular flexibility index (Phi) is 5.16. The summed E-state index contributed by atoms with van der Waals surface area (Å²) >= 11 is 0. The molecule has 4 heteroatoms. The molecule has 0 aromatic heterocycles. The van der Waals surface area contributed by atoms with Crippen molar-refractivity contribution in [1.29, 1.82) is 0 Å². The highest BCUT2D eigenvalue weighted by atomic mass is 16.5. The summed E-state index contributed by atoms with van der Waals surface area (Å²) in [7, 11) is 2.14. The zero-order valence-corrected chi connectivity index (χ0v) is 19.4. The lowest BCUT2D eigenvalue weighted by Crippen LogP contribution is -2.26. The van der Waals surface area contributed by atoms with Gasteiger partial charge in [-0.1, -0.05) is 24.8 Å². The number of esters is 1. The Morgan fingerprint density at radius 2 is 1.97 bits per heavy atom. The Bertz CT molecular complexity index is 1300. The van der Waals surface area contributed by atoms with E-state index in [1.807, 2.05) is 6.07 Å². The Labute approximate surface area is 194 Å². The molecule has 0 atom stereocenters. The third-order valence-corrected chi connectivity index (χ3v) is 6.77. The van der Waals surface area contributed by atoms with Gasteiger partial charge in [-0.2, -0.15) is 4.58 Å². The summed E-state index contributed by atoms with van der Waals surface area (Å²) < 4.78 is 13.9. The van der Waals surface area contributed by atoms with Crippen molar-refractivity contribution in [1.82, 2.24) is 0 Å². The predicted octanol–water partition coefficient (Wildman–Crippen LogP) is 6.25. The molecule has 4 nitrogen and oxygen atoms in total. The summed E-state index contributed by atoms with van der Waals surface area (Å²) in [5, 5.41) is 0. The standard InChI is InChI=1S/C29H28NO3/c1-5-27(31)32-22-15-13-20-17-21-10-8-9-19(28(21)33-25(20)18-22)14-16-26-29(2,3)23-11-6-7-12-24(23)30(26)4/h5-7,11-18H,1,8-10H2,2-4H3/q+1/b16-14+. The second kappa shape index (κ2) is 8.04. The van der Waals surface area contributed by atoms with Crippen LogP contribution in [0.1, 0.15) is 44.2 Å². The molecule has 5 rings (SSSR count). The van der Waals surface area contributed by atoms with Gasteiger partial charge in [0.25, 0.3) is 0 Å². The Hall–Kier alpha value is -3.66. The molecule has 166 valence electrons. The van der Waals surface area contributed by atoms with Gasteiger partial charge in [-0.3, -0.25) is 0 Å². The summed E-state index contributed by atoms with van der Waals surface area (Å²) in [6, 6.07) is 14.1. The van der Waals surface area contributed by atoms with Crippen LogP contribution in [0.2, 0.25) is 0 Å². The molecule has 0 saturated carbocycles. The number of hydrogen-bond acceptors (Lipinski definition) is 3. The van der Waals surface area contributed by atoms with E-state index in [-0.39, 0.29) is 5.41 Å². The average molecular weight is 439 g/mol. The molecule has 0 amide bonds. The van der Waals surface area contributed by atoms with E-state index in [9.17, 15) is 4.79 Å². The van der Waals surface area contributed by atoms with E-state index in [0.717, 1.165) is 36.7 Å². The van der Waals surface area contributed by atoms with Crippen LogP contribution in [-0.2, 0) is 10.2 Å². The monoisotopic (exact) mass is 438 g/mol. The molecule has 0 fully saturated rings. The molecule has 3 aliphatic rings. The fraction of sp³-hybridized carbons (Fsp3) is 0.241. The molecule has 0 radical (unpaired) electrons. The molecule has 0 unspecified atom stereocenters. The molecule has 0 N–H and O–H groups in total. The lowest BCUT2D eigenvalue weighted by molar-refractivity contribution is -0.401. The number of ether oxygens (including phenoxy) is 2. The SMILES string of the molecule is C=CC(=O)Oc1ccc2c(c1)OC1=C(/C=C/C3=[N+](C)c4ccccc4C3(C)C)CCCC1=C2. The summed E-state index contributed by atoms with van der Waals surface area (Å²) in [6.07, 6.45) is 10.9. The van der Waals surface area contributed by atoms with Gasteiger partial charge in [0.2, 0.25) is 5.69 Å². The number of carbonyl (C=O) groups is 1. The second-order valence-corrected chi connectivity index (χ2v) is 9.22. The van der Waals surface area contributed by atoms with E-state index in [2.05, 4.69) is 74.5 Å². The van der Waals surface area contributed by atoms with Crippen LogP contribution in [0.25, 0.3) is 6.08 Å². The van der Waals surface area contributed by atoms with Crippen LogP contribution in [-0.4, -0.2) is 23.3 Å². The van der Waals surface area contributed by atoms with Crippen LogP contribution in [0.15, 0.2) is 84.2 Å². The van der Waals surface area contributed by atoms with Gasteiger partial charge >= 0.3 is 5.97 Å². The third kappa shape index (κ3) is 3.66. The number of carbonyl (C=O) groups excluding carboxylic acids is 1. The lowest BCUT2D eigenvalue weighted by atomic mass is 9.81. The molecule has 0 saturated heterocycles. The Morgan fingerprint density at radius 1 is 1.15 bits per heavy atom. The van der Waals surface area contributed by atoms with Gasteiger partial charge in [-0.25, -0.2) is 4.79 Å². The minimum absolute atomic E-state index is 0.0651. The molecule has 0 bridgehead atoms. The zero-order chi connectivity index (χ0) is 23.2. The molecule has 2 aliphatic heterocycles. The minimum atomic E-state index is -0.483. The molecule has 0 spiro atoms. The summed E-state index contributed by atoms with van der Waals surface area (Å²) in [4.78, 5) is 11.6. The average Bonchev–Trinajstić information content (AvgIpc) is 3.01. The molecular formula is C29H28NO3+. The zero-order valence-electron chi connectivity index (χ0n) is 19.4. The molecular weight excluding hydrogens is 410 g/mol. The van der Waals surface area contributed by atoms with Gasteiger partial charge < -0.3 is 9.47 Å². The number of hydrogen-bond donors (Lipinski definition) is 0. The first-order valence-corrected chi connectivity index (χ1v) is 11.4. The van der Waals surface area contributed by atoms with Crippen LogP contribution < -0.4 is 9.47 Å². The van der Waals surface area contributed by atoms with Crippen molar-refractivity contribution in [3.63, 3.8) is 0 Å². The summed E-state index contributed by atoms with van der Waals surface area (Å²) in [5.41, 5.74) is 7.22. The second-order valence-electron chi connectivity index (χ2n) is 9.22. The highest BCUT2D eigenvalue weighted by Crippen LogP contribution is 2.42. The summed E-state index contributed by atoms with van der Waals surface area (Å²) in [6.45, 7) is 8.01. The van der Waals surface area contributed by atoms with E-state index < -0.39 is 5.97 Å². The first-order valence-electron chi connectivity index (χ1n) is 11.4. The number of benzene rings is 2. The number of fused-ring (bicyclic) bond motifs is 3. The van der Waals surface area contributed by atoms with Gasteiger partial charge in [0.15, 0.2) is 5.71 Å². The van der Waals surface area contributed by atoms with Crippen molar-refractivity contribution in [2.75, 3.05) is 7.05 Å². The maximum absolute atomic E-state index is 11.6. The van der Waals surface area contributed by atoms with Crippen molar-refractivity contribution >= 4 is 23.4 Å². The maximum Gasteiger partial charge on any atom is 0.335 e. The number of rotatable bonds is 4. The van der Waals surface area contributed by atoms with Crippen molar-refractivity contribution in [2.45, 2.75) is 38.5 Å². The number of nitrogens with zero attached hydrogens (tertiary/aromatic N) is 1. The van der Waals surface area contributed by atoms with Crippen LogP contribution in [0.4, 0.5) is 5.69 Å². The predicted molar refractivity (Wildman–Crippen MR) is 131 cm³/mol. The fourth-order valence-electron chi connectivity index (χ4n) is 5.05. The van der Waals surface area contributed by atoms with Crippen LogP contribution in [0, 0.1) is 0 Å². The molecule has 2 aromatic carbocycles. The van der Waals surface area contributed by atoms with Crippen molar-refractivity contribution in [3.05, 3.63) is 95.3 Å². The first-order chi connectivity index (χ1) is 15.9. The van der Waals surface area contributed by atoms with Gasteiger partial charge in [0.05, 0.1) is 5.41 Å². The normalized spacial score (nSPS) is 18.3. The molecule has 33 heavy (non-hydrogen) atoms. The van der Waals surface area contributed by atoms with Gasteiger partial charge in [-0.05, 0) is 68.5 Å². The van der Waals surface area contributed by atoms with Crippen LogP contribution in [0.5, 0.6) is 11.5 Å². The smallest absolute Gasteiger partial charge is 0.335 e. The van der Waals surface area contributed by atoms with E-state index >= 15 is 0 Å². The van der Waals surface area contributed by atoms with E-state index in [1.54, 1.807) is 12.1 Å². The van der Waals surface area contributed by atoms with Crippen LogP contribution >= 0.6 is 0 Å². The van der Waals surface area contributed by atoms with Crippen LogP contribution in [0.3, 0.4) is 0 Å². The highest BCUT2D eigenvalue weighted by molar-refractivity contribution is 6.03. The lowest BCUT2D eigenvalue weighted by Gasteiger charge is -2.26. The van der Waals surface area contributed by atoms with Crippen molar-refractivity contribution in [3.8, 4) is 11.5 Å². The van der Waals surface area contributed by atoms with E-state index in [4.69, 9.17) is 9.47 Å². The van der Waals surface area contributed by atoms with Gasteiger partial charge in [0.1, 0.15) is 24.3 Å². The number of allylic oxidation sites excluding steroid dienone is 4. The first kappa shape index (κ1) is 21.2. The van der Waals surface area contributed by atoms with Crippen molar-refractivity contribution < 1.29 is 18.8 Å². The highest BCUT2D eigenvalue weighted by Gasteiger charge is 2.42. The largest absolute Gasteiger partial charge is 0.456 e. The fourth-order valence-corrected chi connectivity index (χ4v) is 5.05. The van der Waals surface area contributed by atoms with Crippen molar-refractivity contribution in [2.24, 2.45) is 0 Å². The molecule has 1 aliphatic carbocycles. The Balaban J connectivity index is 1.49. The number of para-hydroxylation sites is 1. The molecule has 2 heterocycles. The topological polar surface area (TPSA) is 38.5 Å². The minimum Gasteiger partial charge on any atom is -0.456 e. The molecule has 2 aromatic rings. The van der Waals surface area contributed by atoms with E-state index in [0.29, 0.717) is 11.5 Å². The van der Waals surface area contributed by atoms with E-state index in [1.165, 1.54) is 28.1 Å². The van der Waals surface area contributed by atoms with Gasteiger partial charge in [0, 0.05) is 35.4 Å². The maximum atomic E-state index is 11.6. The third-order valence-electron chi connectivity index (χ3n) is 6.77. The quantitative estimate of drug-likeness (QED) is 0.245. The Morgan fingerprint density at radius 3 is 2.76 bits per heavy atom. The summed E-state index contributed by atoms with van der Waals surface area (Å²) in [5.74, 6) is 1.60.